The molecular weight excluding hydrogens is 220 g/mol. The summed E-state index contributed by atoms with van der Waals surface area (Å²) < 4.78 is 0. The third-order valence-electron chi connectivity index (χ3n) is 2.72. The van der Waals surface area contributed by atoms with Gasteiger partial charge in [-0.1, -0.05) is 20.8 Å². The topological polar surface area (TPSA) is 66.5 Å². The van der Waals surface area contributed by atoms with Crippen molar-refractivity contribution in [2.75, 3.05) is 13.1 Å². The van der Waals surface area contributed by atoms with E-state index in [1.165, 1.54) is 4.90 Å². The Morgan fingerprint density at radius 2 is 2.12 bits per heavy atom. The van der Waals surface area contributed by atoms with Crippen LogP contribution >= 0.6 is 0 Å². The Morgan fingerprint density at radius 3 is 2.59 bits per heavy atom. The number of likely N-dealkylation sites (tertiary alicyclic amines) is 1. The minimum absolute atomic E-state index is 0.0351. The summed E-state index contributed by atoms with van der Waals surface area (Å²) in [5.74, 6) is -0.209. The lowest BCUT2D eigenvalue weighted by molar-refractivity contribution is -0.139. The Kier molecular flexibility index (Phi) is 4.66. The van der Waals surface area contributed by atoms with Gasteiger partial charge in [0.15, 0.2) is 0 Å². The van der Waals surface area contributed by atoms with E-state index in [0.29, 0.717) is 25.3 Å². The van der Waals surface area contributed by atoms with Crippen molar-refractivity contribution >= 4 is 17.7 Å². The SMILES string of the molecule is CC(C)CC(=O)NCCN1C(=O)CC(C)C1=O. The zero-order chi connectivity index (χ0) is 13.0. The summed E-state index contributed by atoms with van der Waals surface area (Å²) in [5.41, 5.74) is 0. The monoisotopic (exact) mass is 240 g/mol. The molecule has 1 heterocycles. The Morgan fingerprint density at radius 1 is 1.47 bits per heavy atom. The van der Waals surface area contributed by atoms with Gasteiger partial charge in [-0.3, -0.25) is 19.3 Å². The molecule has 0 radical (unpaired) electrons. The van der Waals surface area contributed by atoms with Crippen LogP contribution in [0.1, 0.15) is 33.6 Å². The van der Waals surface area contributed by atoms with Crippen molar-refractivity contribution in [2.24, 2.45) is 11.8 Å². The first-order valence-corrected chi connectivity index (χ1v) is 6.02. The third-order valence-corrected chi connectivity index (χ3v) is 2.72. The van der Waals surface area contributed by atoms with Gasteiger partial charge < -0.3 is 5.32 Å². The second-order valence-electron chi connectivity index (χ2n) is 4.94. The molecule has 1 saturated heterocycles. The van der Waals surface area contributed by atoms with Gasteiger partial charge in [-0.15, -0.1) is 0 Å². The minimum Gasteiger partial charge on any atom is -0.354 e. The van der Waals surface area contributed by atoms with Gasteiger partial charge in [0, 0.05) is 31.8 Å². The molecule has 1 rings (SSSR count). The Labute approximate surface area is 102 Å². The molecule has 1 aliphatic rings. The quantitative estimate of drug-likeness (QED) is 0.713. The number of amides is 3. The molecule has 0 bridgehead atoms. The maximum absolute atomic E-state index is 11.6. The molecule has 0 saturated carbocycles. The third kappa shape index (κ3) is 3.84. The fraction of sp³-hybridized carbons (Fsp3) is 0.750. The minimum atomic E-state index is -0.214. The summed E-state index contributed by atoms with van der Waals surface area (Å²) in [4.78, 5) is 35.6. The first-order chi connectivity index (χ1) is 7.91. The standard InChI is InChI=1S/C12H20N2O3/c1-8(2)6-10(15)13-4-5-14-11(16)7-9(3)12(14)17/h8-9H,4-7H2,1-3H3,(H,13,15). The molecule has 17 heavy (non-hydrogen) atoms. The van der Waals surface area contributed by atoms with E-state index in [1.807, 2.05) is 13.8 Å². The predicted molar refractivity (Wildman–Crippen MR) is 63.0 cm³/mol. The fourth-order valence-corrected chi connectivity index (χ4v) is 1.83. The van der Waals surface area contributed by atoms with E-state index in [9.17, 15) is 14.4 Å². The van der Waals surface area contributed by atoms with Crippen molar-refractivity contribution in [1.82, 2.24) is 10.2 Å². The van der Waals surface area contributed by atoms with Crippen LogP contribution < -0.4 is 5.32 Å². The molecule has 3 amide bonds. The highest BCUT2D eigenvalue weighted by Gasteiger charge is 2.34. The first-order valence-electron chi connectivity index (χ1n) is 6.02. The van der Waals surface area contributed by atoms with Crippen molar-refractivity contribution < 1.29 is 14.4 Å². The van der Waals surface area contributed by atoms with Crippen LogP contribution in [-0.4, -0.2) is 35.7 Å². The maximum Gasteiger partial charge on any atom is 0.232 e. The maximum atomic E-state index is 11.6. The molecule has 1 atom stereocenters. The predicted octanol–water partition coefficient (Wildman–Crippen LogP) is 0.544. The average Bonchev–Trinajstić information content (AvgIpc) is 2.43. The summed E-state index contributed by atoms with van der Waals surface area (Å²) in [6.45, 7) is 6.31. The van der Waals surface area contributed by atoms with E-state index < -0.39 is 0 Å². The molecule has 0 aromatic carbocycles. The molecule has 0 aromatic rings. The number of carbonyl (C=O) groups excluding carboxylic acids is 3. The smallest absolute Gasteiger partial charge is 0.232 e. The lowest BCUT2D eigenvalue weighted by Crippen LogP contribution is -2.38. The van der Waals surface area contributed by atoms with Gasteiger partial charge in [-0.2, -0.15) is 0 Å². The van der Waals surface area contributed by atoms with Crippen LogP contribution in [0.4, 0.5) is 0 Å². The summed E-state index contributed by atoms with van der Waals surface area (Å²) in [6.07, 6.45) is 0.761. The number of hydrogen-bond acceptors (Lipinski definition) is 3. The normalized spacial score (nSPS) is 20.2. The molecule has 1 N–H and O–H groups in total. The van der Waals surface area contributed by atoms with Crippen LogP contribution in [0.5, 0.6) is 0 Å². The van der Waals surface area contributed by atoms with Crippen LogP contribution in [0.3, 0.4) is 0 Å². The molecular formula is C12H20N2O3. The number of imide groups is 1. The van der Waals surface area contributed by atoms with Crippen molar-refractivity contribution in [3.05, 3.63) is 0 Å². The van der Waals surface area contributed by atoms with E-state index in [1.54, 1.807) is 6.92 Å². The van der Waals surface area contributed by atoms with Crippen LogP contribution in [0.15, 0.2) is 0 Å². The average molecular weight is 240 g/mol. The highest BCUT2D eigenvalue weighted by atomic mass is 16.2. The molecule has 0 spiro atoms. The molecule has 0 aliphatic carbocycles. The van der Waals surface area contributed by atoms with Crippen molar-refractivity contribution in [3.63, 3.8) is 0 Å². The molecule has 5 nitrogen and oxygen atoms in total. The highest BCUT2D eigenvalue weighted by Crippen LogP contribution is 2.17. The summed E-state index contributed by atoms with van der Waals surface area (Å²) in [6, 6.07) is 0. The zero-order valence-corrected chi connectivity index (χ0v) is 10.7. The second-order valence-corrected chi connectivity index (χ2v) is 4.94. The molecule has 1 aliphatic heterocycles. The number of hydrogen-bond donors (Lipinski definition) is 1. The van der Waals surface area contributed by atoms with Crippen molar-refractivity contribution in [2.45, 2.75) is 33.6 Å². The largest absolute Gasteiger partial charge is 0.354 e. The van der Waals surface area contributed by atoms with E-state index in [-0.39, 0.29) is 30.2 Å². The van der Waals surface area contributed by atoms with E-state index in [4.69, 9.17) is 0 Å². The number of carbonyl (C=O) groups is 3. The van der Waals surface area contributed by atoms with Gasteiger partial charge in [0.1, 0.15) is 0 Å². The van der Waals surface area contributed by atoms with E-state index in [0.717, 1.165) is 0 Å². The molecule has 5 heteroatoms. The van der Waals surface area contributed by atoms with Crippen LogP contribution in [0.2, 0.25) is 0 Å². The van der Waals surface area contributed by atoms with Gasteiger partial charge in [0.25, 0.3) is 0 Å². The van der Waals surface area contributed by atoms with Crippen molar-refractivity contribution in [3.8, 4) is 0 Å². The molecule has 96 valence electrons. The van der Waals surface area contributed by atoms with E-state index in [2.05, 4.69) is 5.32 Å². The van der Waals surface area contributed by atoms with E-state index >= 15 is 0 Å². The van der Waals surface area contributed by atoms with Crippen LogP contribution in [-0.2, 0) is 14.4 Å². The summed E-state index contributed by atoms with van der Waals surface area (Å²) in [7, 11) is 0. The summed E-state index contributed by atoms with van der Waals surface area (Å²) in [5, 5.41) is 2.71. The lowest BCUT2D eigenvalue weighted by Gasteiger charge is -2.15. The molecule has 1 fully saturated rings. The summed E-state index contributed by atoms with van der Waals surface area (Å²) >= 11 is 0. The highest BCUT2D eigenvalue weighted by molar-refractivity contribution is 6.03. The van der Waals surface area contributed by atoms with Gasteiger partial charge in [0.05, 0.1) is 0 Å². The number of rotatable bonds is 5. The second kappa shape index (κ2) is 5.80. The Hall–Kier alpha value is -1.39. The molecule has 1 unspecified atom stereocenters. The van der Waals surface area contributed by atoms with Gasteiger partial charge >= 0.3 is 0 Å². The van der Waals surface area contributed by atoms with Gasteiger partial charge in [-0.05, 0) is 5.92 Å². The lowest BCUT2D eigenvalue weighted by atomic mass is 10.1. The number of nitrogens with one attached hydrogen (secondary N) is 1. The van der Waals surface area contributed by atoms with Crippen LogP contribution in [0.25, 0.3) is 0 Å². The first kappa shape index (κ1) is 13.7. The number of nitrogens with zero attached hydrogens (tertiary/aromatic N) is 1. The Balaban J connectivity index is 2.29. The van der Waals surface area contributed by atoms with Gasteiger partial charge in [-0.25, -0.2) is 0 Å². The Bertz CT molecular complexity index is 326. The van der Waals surface area contributed by atoms with Crippen molar-refractivity contribution in [1.29, 1.82) is 0 Å². The van der Waals surface area contributed by atoms with Crippen LogP contribution in [0, 0.1) is 11.8 Å². The molecule has 0 aromatic heterocycles. The zero-order valence-electron chi connectivity index (χ0n) is 10.7. The van der Waals surface area contributed by atoms with Gasteiger partial charge in [0.2, 0.25) is 17.7 Å². The fourth-order valence-electron chi connectivity index (χ4n) is 1.83.